The Bertz CT molecular complexity index is 997. The predicted octanol–water partition coefficient (Wildman–Crippen LogP) is 1.42. The number of nitrogens with two attached hydrogens (primary N) is 1. The van der Waals surface area contributed by atoms with Crippen LogP contribution in [0.3, 0.4) is 0 Å². The first kappa shape index (κ1) is 17.1. The van der Waals surface area contributed by atoms with Crippen molar-refractivity contribution in [3.8, 4) is 0 Å². The van der Waals surface area contributed by atoms with E-state index in [1.54, 1.807) is 30.3 Å². The van der Waals surface area contributed by atoms with E-state index < -0.39 is 33.6 Å². The number of nitrogen functional groups attached to an aromatic ring is 1. The van der Waals surface area contributed by atoms with Crippen molar-refractivity contribution in [1.29, 1.82) is 0 Å². The smallest absolute Gasteiger partial charge is 0.382 e. The molecule has 1 aromatic carbocycles. The maximum atomic E-state index is 12.4. The molecule has 2 heterocycles. The summed E-state index contributed by atoms with van der Waals surface area (Å²) in [5, 5.41) is -0.567. The molecular formula is C14H12F3N5O2S. The van der Waals surface area contributed by atoms with Crippen LogP contribution >= 0.6 is 0 Å². The fourth-order valence-corrected chi connectivity index (χ4v) is 3.07. The first-order valence-corrected chi connectivity index (χ1v) is 8.31. The quantitative estimate of drug-likeness (QED) is 0.675. The van der Waals surface area contributed by atoms with E-state index in [9.17, 15) is 22.2 Å². The lowest BCUT2D eigenvalue weighted by molar-refractivity contribution is -0.105. The highest BCUT2D eigenvalue weighted by molar-refractivity contribution is 7.84. The molecule has 25 heavy (non-hydrogen) atoms. The Labute approximate surface area is 141 Å². The summed E-state index contributed by atoms with van der Waals surface area (Å²) in [5.74, 6) is -1.83. The van der Waals surface area contributed by atoms with Crippen LogP contribution in [0.4, 0.5) is 19.0 Å². The first-order valence-electron chi connectivity index (χ1n) is 6.99. The van der Waals surface area contributed by atoms with E-state index in [-0.39, 0.29) is 23.5 Å². The Kier molecular flexibility index (Phi) is 4.33. The van der Waals surface area contributed by atoms with Gasteiger partial charge < -0.3 is 10.7 Å². The van der Waals surface area contributed by atoms with Gasteiger partial charge in [-0.3, -0.25) is 8.78 Å². The summed E-state index contributed by atoms with van der Waals surface area (Å²) in [6, 6.07) is 8.92. The summed E-state index contributed by atoms with van der Waals surface area (Å²) >= 11 is 0. The largest absolute Gasteiger partial charge is 0.400 e. The van der Waals surface area contributed by atoms with Crippen molar-refractivity contribution in [2.45, 2.75) is 17.9 Å². The van der Waals surface area contributed by atoms with Crippen molar-refractivity contribution in [3.05, 3.63) is 46.4 Å². The molecule has 0 aliphatic carbocycles. The second kappa shape index (κ2) is 6.31. The maximum absolute atomic E-state index is 12.4. The summed E-state index contributed by atoms with van der Waals surface area (Å²) < 4.78 is 50.4. The summed E-state index contributed by atoms with van der Waals surface area (Å²) in [7, 11) is -2.52. The van der Waals surface area contributed by atoms with Gasteiger partial charge in [0.2, 0.25) is 5.16 Å². The zero-order chi connectivity index (χ0) is 18.2. The average molecular weight is 371 g/mol. The van der Waals surface area contributed by atoms with E-state index in [1.807, 2.05) is 0 Å². The highest BCUT2D eigenvalue weighted by Crippen LogP contribution is 2.21. The van der Waals surface area contributed by atoms with Crippen LogP contribution in [-0.2, 0) is 17.3 Å². The standard InChI is InChI=1S/C14H12F3N5O2S/c15-14(16,17)7-25(24)12-20-10(18)9-11(21-12)22(13(23)19-9)6-8-4-2-1-3-5-8/h1-5H,6-7H2,(H,19,23)(H2,18,20,21). The zero-order valence-corrected chi connectivity index (χ0v) is 13.4. The number of aromatic amines is 1. The van der Waals surface area contributed by atoms with Crippen molar-refractivity contribution in [1.82, 2.24) is 19.5 Å². The van der Waals surface area contributed by atoms with Crippen LogP contribution in [0.2, 0.25) is 0 Å². The SMILES string of the molecule is Nc1nc(S(=O)CC(F)(F)F)nc2c1[nH]c(=O)n2Cc1ccccc1. The van der Waals surface area contributed by atoms with E-state index in [0.29, 0.717) is 0 Å². The van der Waals surface area contributed by atoms with Gasteiger partial charge >= 0.3 is 11.9 Å². The number of benzene rings is 1. The Hall–Kier alpha value is -2.69. The van der Waals surface area contributed by atoms with Gasteiger partial charge in [0, 0.05) is 0 Å². The Balaban J connectivity index is 2.08. The fourth-order valence-electron chi connectivity index (χ4n) is 2.26. The Morgan fingerprint density at radius 2 is 1.88 bits per heavy atom. The third-order valence-corrected chi connectivity index (χ3v) is 4.49. The van der Waals surface area contributed by atoms with Crippen LogP contribution in [-0.4, -0.2) is 35.7 Å². The van der Waals surface area contributed by atoms with E-state index in [4.69, 9.17) is 5.73 Å². The van der Waals surface area contributed by atoms with E-state index >= 15 is 0 Å². The highest BCUT2D eigenvalue weighted by Gasteiger charge is 2.32. The number of nitrogens with zero attached hydrogens (tertiary/aromatic N) is 3. The molecule has 3 aromatic rings. The van der Waals surface area contributed by atoms with Crippen LogP contribution < -0.4 is 11.4 Å². The lowest BCUT2D eigenvalue weighted by atomic mass is 10.2. The number of anilines is 1. The second-order valence-corrected chi connectivity index (χ2v) is 6.54. The van der Waals surface area contributed by atoms with Crippen molar-refractivity contribution in [2.24, 2.45) is 0 Å². The van der Waals surface area contributed by atoms with Crippen molar-refractivity contribution in [3.63, 3.8) is 0 Å². The zero-order valence-electron chi connectivity index (χ0n) is 12.6. The molecule has 11 heteroatoms. The van der Waals surface area contributed by atoms with E-state index in [2.05, 4.69) is 15.0 Å². The average Bonchev–Trinajstić information content (AvgIpc) is 2.84. The number of hydrogen-bond acceptors (Lipinski definition) is 5. The van der Waals surface area contributed by atoms with Gasteiger partial charge in [-0.1, -0.05) is 30.3 Å². The molecular weight excluding hydrogens is 359 g/mol. The van der Waals surface area contributed by atoms with Gasteiger partial charge in [0.05, 0.1) is 6.54 Å². The number of nitrogens with one attached hydrogen (secondary N) is 1. The van der Waals surface area contributed by atoms with Gasteiger partial charge in [0.15, 0.2) is 11.5 Å². The first-order chi connectivity index (χ1) is 11.7. The van der Waals surface area contributed by atoms with Crippen molar-refractivity contribution >= 4 is 27.8 Å². The van der Waals surface area contributed by atoms with Gasteiger partial charge in [-0.2, -0.15) is 13.2 Å². The molecule has 3 N–H and O–H groups in total. The van der Waals surface area contributed by atoms with Crippen LogP contribution in [0.25, 0.3) is 11.2 Å². The normalized spacial score (nSPS) is 13.2. The molecule has 1 unspecified atom stereocenters. The summed E-state index contributed by atoms with van der Waals surface area (Å²) in [6.07, 6.45) is -4.64. The second-order valence-electron chi connectivity index (χ2n) is 5.20. The molecule has 2 aromatic heterocycles. The minimum Gasteiger partial charge on any atom is -0.382 e. The van der Waals surface area contributed by atoms with Gasteiger partial charge in [-0.05, 0) is 5.56 Å². The molecule has 0 amide bonds. The molecule has 0 bridgehead atoms. The number of aromatic nitrogens is 4. The molecule has 132 valence electrons. The summed E-state index contributed by atoms with van der Waals surface area (Å²) in [4.78, 5) is 22.1. The topological polar surface area (TPSA) is 107 Å². The molecule has 0 aliphatic heterocycles. The van der Waals surface area contributed by atoms with Gasteiger partial charge in [0.1, 0.15) is 22.1 Å². The van der Waals surface area contributed by atoms with Gasteiger partial charge in [0.25, 0.3) is 0 Å². The summed E-state index contributed by atoms with van der Waals surface area (Å²) in [5.41, 5.74) is 6.02. The van der Waals surface area contributed by atoms with Crippen molar-refractivity contribution < 1.29 is 17.4 Å². The molecule has 0 spiro atoms. The lowest BCUT2D eigenvalue weighted by Crippen LogP contribution is -2.21. The highest BCUT2D eigenvalue weighted by atomic mass is 32.2. The number of H-pyrrole nitrogens is 1. The third kappa shape index (κ3) is 3.71. The van der Waals surface area contributed by atoms with Gasteiger partial charge in [-0.15, -0.1) is 0 Å². The van der Waals surface area contributed by atoms with E-state index in [0.717, 1.165) is 5.56 Å². The predicted molar refractivity (Wildman–Crippen MR) is 85.4 cm³/mol. The number of imidazole rings is 1. The molecule has 7 nitrogen and oxygen atoms in total. The number of alkyl halides is 3. The molecule has 0 saturated heterocycles. The maximum Gasteiger partial charge on any atom is 0.400 e. The number of rotatable bonds is 4. The Morgan fingerprint density at radius 1 is 1.20 bits per heavy atom. The van der Waals surface area contributed by atoms with Crippen LogP contribution in [0, 0.1) is 0 Å². The molecule has 0 aliphatic rings. The fraction of sp³-hybridized carbons (Fsp3) is 0.214. The monoisotopic (exact) mass is 371 g/mol. The minimum absolute atomic E-state index is 0.00637. The summed E-state index contributed by atoms with van der Waals surface area (Å²) in [6.45, 7) is 0.126. The van der Waals surface area contributed by atoms with Crippen LogP contribution in [0.5, 0.6) is 0 Å². The minimum atomic E-state index is -4.64. The lowest BCUT2D eigenvalue weighted by Gasteiger charge is -2.07. The number of hydrogen-bond donors (Lipinski definition) is 2. The Morgan fingerprint density at radius 3 is 2.52 bits per heavy atom. The van der Waals surface area contributed by atoms with Crippen molar-refractivity contribution in [2.75, 3.05) is 11.5 Å². The molecule has 0 radical (unpaired) electrons. The molecule has 1 atom stereocenters. The van der Waals surface area contributed by atoms with E-state index in [1.165, 1.54) is 4.57 Å². The van der Waals surface area contributed by atoms with Gasteiger partial charge in [-0.25, -0.2) is 14.8 Å². The molecule has 0 saturated carbocycles. The van der Waals surface area contributed by atoms with Crippen LogP contribution in [0.15, 0.2) is 40.3 Å². The number of halogens is 3. The molecule has 3 rings (SSSR count). The number of fused-ring (bicyclic) bond motifs is 1. The molecule has 0 fully saturated rings. The van der Waals surface area contributed by atoms with Crippen LogP contribution in [0.1, 0.15) is 5.56 Å². The third-order valence-electron chi connectivity index (χ3n) is 3.31.